The summed E-state index contributed by atoms with van der Waals surface area (Å²) < 4.78 is 45.3. The van der Waals surface area contributed by atoms with Crippen molar-refractivity contribution in [3.05, 3.63) is 89.7 Å². The zero-order valence-corrected chi connectivity index (χ0v) is 32.3. The molecule has 4 aromatic rings. The number of carbonyl (C=O) groups is 2. The molecular formula is C37H48FN5O5S3. The Morgan fingerprint density at radius 3 is 2.31 bits per heavy atom. The smallest absolute Gasteiger partial charge is 0.243 e. The maximum atomic E-state index is 14.3. The zero-order valence-electron chi connectivity index (χ0n) is 29.9. The molecule has 0 aliphatic heterocycles. The van der Waals surface area contributed by atoms with E-state index in [1.807, 2.05) is 50.4 Å². The van der Waals surface area contributed by atoms with Crippen LogP contribution in [0.15, 0.2) is 82.0 Å². The molecule has 0 spiro atoms. The van der Waals surface area contributed by atoms with Gasteiger partial charge in [0.2, 0.25) is 21.8 Å². The van der Waals surface area contributed by atoms with Crippen molar-refractivity contribution < 1.29 is 27.5 Å². The van der Waals surface area contributed by atoms with Crippen LogP contribution in [0.25, 0.3) is 10.2 Å². The summed E-state index contributed by atoms with van der Waals surface area (Å²) in [5.41, 5.74) is 7.23. The molecule has 276 valence electrons. The molecule has 4 rings (SSSR count). The quantitative estimate of drug-likeness (QED) is 0.123. The summed E-state index contributed by atoms with van der Waals surface area (Å²) >= 11 is 2.88. The molecule has 14 heteroatoms. The minimum atomic E-state index is -4.14. The molecule has 0 radical (unpaired) electrons. The number of nitrogens with two attached hydrogens (primary N) is 1. The van der Waals surface area contributed by atoms with Gasteiger partial charge in [-0.3, -0.25) is 9.59 Å². The Morgan fingerprint density at radius 2 is 1.71 bits per heavy atom. The van der Waals surface area contributed by atoms with Gasteiger partial charge in [-0.1, -0.05) is 88.8 Å². The molecule has 1 heterocycles. The molecule has 0 saturated heterocycles. The summed E-state index contributed by atoms with van der Waals surface area (Å²) in [4.78, 5) is 33.4. The first-order valence-corrected chi connectivity index (χ1v) is 20.2. The van der Waals surface area contributed by atoms with Crippen molar-refractivity contribution in [2.24, 2.45) is 17.1 Å². The Bertz CT molecular complexity index is 1900. The second-order valence-electron chi connectivity index (χ2n) is 14.1. The standard InChI is InChI=1S/C37H48FN5O5S3/c1-24(2)22-42(51(47,48)28-15-16-29-32(19-28)50-36(41-29)49-6)23-31(44)30(18-25-11-8-7-9-12-25)43(34(35(39)46)37(3,4)5)33(45)21-40-20-26-13-10-14-27(38)17-26/h7-17,19,24,30-31,34,40,44H,18,20-23H2,1-6H3,(H2,39,46)/t30-,31+,34+/m0/s1. The molecule has 2 amide bonds. The summed E-state index contributed by atoms with van der Waals surface area (Å²) in [6, 6.07) is 17.7. The van der Waals surface area contributed by atoms with Crippen LogP contribution in [0.2, 0.25) is 0 Å². The molecule has 0 saturated carbocycles. The van der Waals surface area contributed by atoms with E-state index in [9.17, 15) is 27.5 Å². The summed E-state index contributed by atoms with van der Waals surface area (Å²) in [5, 5.41) is 15.2. The lowest BCUT2D eigenvalue weighted by molar-refractivity contribution is -0.149. The molecule has 0 aliphatic rings. The molecular weight excluding hydrogens is 710 g/mol. The number of amides is 2. The number of carbonyl (C=O) groups excluding carboxylic acids is 2. The van der Waals surface area contributed by atoms with Crippen molar-refractivity contribution in [3.63, 3.8) is 0 Å². The average Bonchev–Trinajstić information content (AvgIpc) is 3.48. The predicted octanol–water partition coefficient (Wildman–Crippen LogP) is 5.29. The number of nitrogens with one attached hydrogen (secondary N) is 1. The summed E-state index contributed by atoms with van der Waals surface area (Å²) in [5.74, 6) is -1.80. The van der Waals surface area contributed by atoms with Gasteiger partial charge in [0.25, 0.3) is 0 Å². The number of halogens is 1. The van der Waals surface area contributed by atoms with Crippen LogP contribution in [-0.4, -0.2) is 83.6 Å². The lowest BCUT2D eigenvalue weighted by Crippen LogP contribution is -2.63. The van der Waals surface area contributed by atoms with E-state index in [0.717, 1.165) is 14.6 Å². The fourth-order valence-corrected chi connectivity index (χ4v) is 9.37. The van der Waals surface area contributed by atoms with E-state index < -0.39 is 51.3 Å². The number of rotatable bonds is 17. The van der Waals surface area contributed by atoms with Gasteiger partial charge in [-0.25, -0.2) is 17.8 Å². The number of sulfonamides is 1. The minimum absolute atomic E-state index is 0.0675. The first-order valence-electron chi connectivity index (χ1n) is 16.7. The maximum absolute atomic E-state index is 14.3. The molecule has 10 nitrogen and oxygen atoms in total. The number of aromatic nitrogens is 1. The number of thiazole rings is 1. The van der Waals surface area contributed by atoms with Crippen LogP contribution < -0.4 is 11.1 Å². The summed E-state index contributed by atoms with van der Waals surface area (Å²) in [7, 11) is -4.14. The number of primary amides is 1. The lowest BCUT2D eigenvalue weighted by atomic mass is 9.83. The van der Waals surface area contributed by atoms with Gasteiger partial charge in [0.05, 0.1) is 33.8 Å². The fraction of sp³-hybridized carbons (Fsp3) is 0.432. The van der Waals surface area contributed by atoms with Gasteiger partial charge in [0.15, 0.2) is 4.34 Å². The van der Waals surface area contributed by atoms with Crippen molar-refractivity contribution in [3.8, 4) is 0 Å². The molecule has 3 atom stereocenters. The van der Waals surface area contributed by atoms with Gasteiger partial charge in [-0.15, -0.1) is 11.3 Å². The highest BCUT2D eigenvalue weighted by atomic mass is 32.2. The van der Waals surface area contributed by atoms with Gasteiger partial charge in [-0.05, 0) is 65.5 Å². The van der Waals surface area contributed by atoms with Gasteiger partial charge >= 0.3 is 0 Å². The number of fused-ring (bicyclic) bond motifs is 1. The van der Waals surface area contributed by atoms with Crippen LogP contribution in [0.5, 0.6) is 0 Å². The summed E-state index contributed by atoms with van der Waals surface area (Å²) in [6.45, 7) is 8.76. The first-order chi connectivity index (χ1) is 24.0. The molecule has 0 unspecified atom stereocenters. The van der Waals surface area contributed by atoms with Crippen molar-refractivity contribution in [2.75, 3.05) is 25.9 Å². The molecule has 0 fully saturated rings. The van der Waals surface area contributed by atoms with Gasteiger partial charge in [0, 0.05) is 19.6 Å². The van der Waals surface area contributed by atoms with Crippen LogP contribution >= 0.6 is 23.1 Å². The molecule has 1 aromatic heterocycles. The van der Waals surface area contributed by atoms with Gasteiger partial charge in [0.1, 0.15) is 11.9 Å². The average molecular weight is 758 g/mol. The Labute approximate surface area is 308 Å². The number of hydrogen-bond acceptors (Lipinski definition) is 9. The van der Waals surface area contributed by atoms with E-state index in [4.69, 9.17) is 5.73 Å². The number of aliphatic hydroxyl groups is 1. The SMILES string of the molecule is CSc1nc2ccc(S(=O)(=O)N(CC(C)C)C[C@@H](O)[C@H](Cc3ccccc3)N(C(=O)CNCc3cccc(F)c3)[C@H](C(N)=O)C(C)(C)C)cc2s1. The molecule has 51 heavy (non-hydrogen) atoms. The first kappa shape index (κ1) is 40.4. The van der Waals surface area contributed by atoms with E-state index in [1.54, 1.807) is 45.0 Å². The third kappa shape index (κ3) is 10.6. The van der Waals surface area contributed by atoms with E-state index in [-0.39, 0.29) is 43.4 Å². The van der Waals surface area contributed by atoms with Crippen molar-refractivity contribution >= 4 is 55.2 Å². The van der Waals surface area contributed by atoms with E-state index in [0.29, 0.717) is 11.1 Å². The molecule has 4 N–H and O–H groups in total. The highest BCUT2D eigenvalue weighted by Crippen LogP contribution is 2.32. The normalized spacial score (nSPS) is 14.2. The zero-order chi connectivity index (χ0) is 37.5. The Balaban J connectivity index is 1.75. The highest BCUT2D eigenvalue weighted by molar-refractivity contribution is 8.00. The second kappa shape index (κ2) is 17.4. The van der Waals surface area contributed by atoms with Crippen LogP contribution in [0.1, 0.15) is 45.7 Å². The maximum Gasteiger partial charge on any atom is 0.243 e. The highest BCUT2D eigenvalue weighted by Gasteiger charge is 2.44. The molecule has 3 aromatic carbocycles. The Hall–Kier alpha value is -3.40. The Morgan fingerprint density at radius 1 is 1.02 bits per heavy atom. The predicted molar refractivity (Wildman–Crippen MR) is 202 cm³/mol. The van der Waals surface area contributed by atoms with Crippen molar-refractivity contribution in [2.45, 2.75) is 75.0 Å². The third-order valence-corrected chi connectivity index (χ3v) is 12.2. The van der Waals surface area contributed by atoms with Crippen molar-refractivity contribution in [1.29, 1.82) is 0 Å². The lowest BCUT2D eigenvalue weighted by Gasteiger charge is -2.45. The van der Waals surface area contributed by atoms with E-state index in [2.05, 4.69) is 10.3 Å². The fourth-order valence-electron chi connectivity index (χ4n) is 6.12. The number of nitrogens with zero attached hydrogens (tertiary/aromatic N) is 3. The third-order valence-electron chi connectivity index (χ3n) is 8.35. The molecule has 0 aliphatic carbocycles. The van der Waals surface area contributed by atoms with E-state index >= 15 is 0 Å². The van der Waals surface area contributed by atoms with Crippen LogP contribution in [0.4, 0.5) is 4.39 Å². The number of thioether (sulfide) groups is 1. The van der Waals surface area contributed by atoms with Crippen LogP contribution in [0.3, 0.4) is 0 Å². The number of aliphatic hydroxyl groups excluding tert-OH is 1. The Kier molecular flexibility index (Phi) is 13.8. The summed E-state index contributed by atoms with van der Waals surface area (Å²) in [6.07, 6.45) is 0.576. The monoisotopic (exact) mass is 757 g/mol. The number of benzene rings is 3. The van der Waals surface area contributed by atoms with Gasteiger partial charge in [-0.2, -0.15) is 4.31 Å². The molecule has 0 bridgehead atoms. The minimum Gasteiger partial charge on any atom is -0.390 e. The topological polar surface area (TPSA) is 146 Å². The van der Waals surface area contributed by atoms with Gasteiger partial charge < -0.3 is 21.1 Å². The largest absolute Gasteiger partial charge is 0.390 e. The van der Waals surface area contributed by atoms with Crippen molar-refractivity contribution in [1.82, 2.24) is 19.5 Å². The number of hydrogen-bond donors (Lipinski definition) is 3. The van der Waals surface area contributed by atoms with E-state index in [1.165, 1.54) is 50.5 Å². The van der Waals surface area contributed by atoms with Crippen LogP contribution in [-0.2, 0) is 32.6 Å². The van der Waals surface area contributed by atoms with Crippen LogP contribution in [0, 0.1) is 17.2 Å². The second-order valence-corrected chi connectivity index (χ2v) is 18.1.